The smallest absolute Gasteiger partial charge is 0.156 e. The highest BCUT2D eigenvalue weighted by Crippen LogP contribution is 2.48. The molecule has 0 aliphatic carbocycles. The van der Waals surface area contributed by atoms with E-state index in [0.29, 0.717) is 11.8 Å². The van der Waals surface area contributed by atoms with Gasteiger partial charge in [-0.3, -0.25) is 0 Å². The summed E-state index contributed by atoms with van der Waals surface area (Å²) in [6.45, 7) is 6.46. The highest BCUT2D eigenvalue weighted by Gasteiger charge is 2.61. The summed E-state index contributed by atoms with van der Waals surface area (Å²) in [6.07, 6.45) is 0.906. The van der Waals surface area contributed by atoms with Gasteiger partial charge in [0, 0.05) is 0 Å². The molecule has 6 atom stereocenters. The quantitative estimate of drug-likeness (QED) is 0.565. The van der Waals surface area contributed by atoms with E-state index in [2.05, 4.69) is 13.8 Å². The van der Waals surface area contributed by atoms with Crippen LogP contribution in [0.4, 0.5) is 0 Å². The minimum Gasteiger partial charge on any atom is -0.369 e. The number of hydrogen-bond donors (Lipinski definition) is 0. The van der Waals surface area contributed by atoms with Gasteiger partial charge in [0.05, 0.1) is 12.2 Å². The van der Waals surface area contributed by atoms with Crippen molar-refractivity contribution in [3.05, 3.63) is 0 Å². The molecular weight excluding hydrogens is 168 g/mol. The van der Waals surface area contributed by atoms with Gasteiger partial charge in [-0.25, -0.2) is 0 Å². The molecule has 6 unspecified atom stereocenters. The fourth-order valence-corrected chi connectivity index (χ4v) is 2.94. The van der Waals surface area contributed by atoms with E-state index >= 15 is 0 Å². The van der Waals surface area contributed by atoms with Crippen LogP contribution in [0.5, 0.6) is 0 Å². The molecule has 3 heteroatoms. The molecule has 2 bridgehead atoms. The van der Waals surface area contributed by atoms with Gasteiger partial charge in [0.1, 0.15) is 12.2 Å². The lowest BCUT2D eigenvalue weighted by atomic mass is 9.79. The molecule has 3 heterocycles. The Bertz CT molecular complexity index is 204. The Morgan fingerprint density at radius 1 is 0.615 bits per heavy atom. The van der Waals surface area contributed by atoms with Crippen molar-refractivity contribution >= 4 is 0 Å². The SMILES string of the molecule is CC1OC2C3OC(C(C)C3C)C2O1. The van der Waals surface area contributed by atoms with E-state index in [9.17, 15) is 0 Å². The Balaban J connectivity index is 1.88. The molecule has 3 nitrogen and oxygen atoms in total. The van der Waals surface area contributed by atoms with Crippen molar-refractivity contribution in [2.45, 2.75) is 51.5 Å². The lowest BCUT2D eigenvalue weighted by molar-refractivity contribution is -0.106. The third kappa shape index (κ3) is 0.901. The third-order valence-electron chi connectivity index (χ3n) is 3.85. The fraction of sp³-hybridized carbons (Fsp3) is 1.00. The molecule has 13 heavy (non-hydrogen) atoms. The molecule has 0 N–H and O–H groups in total. The first kappa shape index (κ1) is 8.21. The molecule has 0 saturated carbocycles. The third-order valence-corrected chi connectivity index (χ3v) is 3.85. The van der Waals surface area contributed by atoms with E-state index in [1.54, 1.807) is 0 Å². The van der Waals surface area contributed by atoms with Crippen LogP contribution in [-0.4, -0.2) is 30.7 Å². The van der Waals surface area contributed by atoms with Crippen LogP contribution in [0.2, 0.25) is 0 Å². The summed E-state index contributed by atoms with van der Waals surface area (Å²) in [4.78, 5) is 0. The molecule has 3 saturated heterocycles. The van der Waals surface area contributed by atoms with Crippen molar-refractivity contribution in [1.82, 2.24) is 0 Å². The first-order valence-electron chi connectivity index (χ1n) is 5.15. The summed E-state index contributed by atoms with van der Waals surface area (Å²) in [5.74, 6) is 1.22. The Kier molecular flexibility index (Phi) is 1.56. The first-order valence-corrected chi connectivity index (χ1v) is 5.15. The largest absolute Gasteiger partial charge is 0.369 e. The van der Waals surface area contributed by atoms with Crippen LogP contribution in [0.1, 0.15) is 20.8 Å². The first-order chi connectivity index (χ1) is 6.18. The lowest BCUT2D eigenvalue weighted by Crippen LogP contribution is -2.42. The van der Waals surface area contributed by atoms with Crippen molar-refractivity contribution in [2.75, 3.05) is 0 Å². The molecule has 3 aliphatic heterocycles. The maximum Gasteiger partial charge on any atom is 0.156 e. The summed E-state index contributed by atoms with van der Waals surface area (Å²) < 4.78 is 17.2. The second kappa shape index (κ2) is 2.47. The molecular formula is C10H16O3. The van der Waals surface area contributed by atoms with Gasteiger partial charge >= 0.3 is 0 Å². The predicted molar refractivity (Wildman–Crippen MR) is 46.2 cm³/mol. The monoisotopic (exact) mass is 184 g/mol. The molecule has 0 amide bonds. The van der Waals surface area contributed by atoms with Gasteiger partial charge in [-0.2, -0.15) is 0 Å². The summed E-state index contributed by atoms with van der Waals surface area (Å²) in [6, 6.07) is 0. The number of rotatable bonds is 0. The van der Waals surface area contributed by atoms with Crippen molar-refractivity contribution in [3.8, 4) is 0 Å². The van der Waals surface area contributed by atoms with Gasteiger partial charge in [0.15, 0.2) is 6.29 Å². The Morgan fingerprint density at radius 3 is 1.54 bits per heavy atom. The predicted octanol–water partition coefficient (Wildman–Crippen LogP) is 1.17. The van der Waals surface area contributed by atoms with Crippen LogP contribution >= 0.6 is 0 Å². The standard InChI is InChI=1S/C10H16O3/c1-4-5(2)8-10-9(7(4)13-8)11-6(3)12-10/h4-10H,1-3H3. The summed E-state index contributed by atoms with van der Waals surface area (Å²) in [7, 11) is 0. The van der Waals surface area contributed by atoms with E-state index in [-0.39, 0.29) is 30.7 Å². The lowest BCUT2D eigenvalue weighted by Gasteiger charge is -2.28. The molecule has 0 aromatic rings. The van der Waals surface area contributed by atoms with Gasteiger partial charge in [-0.15, -0.1) is 0 Å². The van der Waals surface area contributed by atoms with Crippen LogP contribution in [0.15, 0.2) is 0 Å². The zero-order chi connectivity index (χ0) is 9.16. The van der Waals surface area contributed by atoms with Gasteiger partial charge in [-0.1, -0.05) is 13.8 Å². The number of hydrogen-bond acceptors (Lipinski definition) is 3. The number of fused-ring (bicyclic) bond motifs is 5. The molecule has 3 aliphatic rings. The van der Waals surface area contributed by atoms with Crippen LogP contribution in [0, 0.1) is 11.8 Å². The Hall–Kier alpha value is -0.120. The highest BCUT2D eigenvalue weighted by atomic mass is 16.8. The van der Waals surface area contributed by atoms with Gasteiger partial charge in [0.25, 0.3) is 0 Å². The molecule has 0 spiro atoms. The highest BCUT2D eigenvalue weighted by molar-refractivity contribution is 5.06. The van der Waals surface area contributed by atoms with Gasteiger partial charge < -0.3 is 14.2 Å². The van der Waals surface area contributed by atoms with Crippen molar-refractivity contribution in [1.29, 1.82) is 0 Å². The second-order valence-corrected chi connectivity index (χ2v) is 4.55. The number of ether oxygens (including phenoxy) is 3. The maximum atomic E-state index is 5.86. The Labute approximate surface area is 78.3 Å². The molecule has 74 valence electrons. The summed E-state index contributed by atoms with van der Waals surface area (Å²) in [5.41, 5.74) is 0. The molecule has 0 radical (unpaired) electrons. The van der Waals surface area contributed by atoms with Gasteiger partial charge in [-0.05, 0) is 18.8 Å². The molecule has 3 rings (SSSR count). The van der Waals surface area contributed by atoms with Crippen LogP contribution in [0.3, 0.4) is 0 Å². The zero-order valence-corrected chi connectivity index (χ0v) is 8.27. The average Bonchev–Trinajstić information content (AvgIpc) is 2.64. The average molecular weight is 184 g/mol. The van der Waals surface area contributed by atoms with Crippen molar-refractivity contribution in [2.24, 2.45) is 11.8 Å². The van der Waals surface area contributed by atoms with Crippen LogP contribution in [-0.2, 0) is 14.2 Å². The van der Waals surface area contributed by atoms with Crippen LogP contribution < -0.4 is 0 Å². The minimum absolute atomic E-state index is 0.0404. The summed E-state index contributed by atoms with van der Waals surface area (Å²) >= 11 is 0. The fourth-order valence-electron chi connectivity index (χ4n) is 2.94. The molecule has 0 aromatic carbocycles. The maximum absolute atomic E-state index is 5.86. The van der Waals surface area contributed by atoms with Crippen LogP contribution in [0.25, 0.3) is 0 Å². The van der Waals surface area contributed by atoms with E-state index in [1.807, 2.05) is 6.92 Å². The van der Waals surface area contributed by atoms with Crippen molar-refractivity contribution < 1.29 is 14.2 Å². The molecule has 3 fully saturated rings. The summed E-state index contributed by atoms with van der Waals surface area (Å²) in [5, 5.41) is 0. The van der Waals surface area contributed by atoms with Crippen molar-refractivity contribution in [3.63, 3.8) is 0 Å². The van der Waals surface area contributed by atoms with E-state index < -0.39 is 0 Å². The normalized spacial score (nSPS) is 64.4. The van der Waals surface area contributed by atoms with E-state index in [1.165, 1.54) is 0 Å². The zero-order valence-electron chi connectivity index (χ0n) is 8.27. The van der Waals surface area contributed by atoms with Gasteiger partial charge in [0.2, 0.25) is 0 Å². The topological polar surface area (TPSA) is 27.7 Å². The second-order valence-electron chi connectivity index (χ2n) is 4.55. The molecule has 0 aromatic heterocycles. The van der Waals surface area contributed by atoms with E-state index in [4.69, 9.17) is 14.2 Å². The van der Waals surface area contributed by atoms with E-state index in [0.717, 1.165) is 0 Å². The minimum atomic E-state index is -0.0404. The Morgan fingerprint density at radius 2 is 1.08 bits per heavy atom.